The summed E-state index contributed by atoms with van der Waals surface area (Å²) in [6.45, 7) is 3.13. The maximum Gasteiger partial charge on any atom is 0.133 e. The summed E-state index contributed by atoms with van der Waals surface area (Å²) in [6.07, 6.45) is 1.27. The van der Waals surface area contributed by atoms with Crippen molar-refractivity contribution < 1.29 is 4.74 Å². The number of ether oxygens (including phenoxy) is 1. The number of rotatable bonds is 5. The van der Waals surface area contributed by atoms with Gasteiger partial charge in [0, 0.05) is 28.0 Å². The van der Waals surface area contributed by atoms with Crippen LogP contribution < -0.4 is 10.1 Å². The van der Waals surface area contributed by atoms with Gasteiger partial charge in [0.25, 0.3) is 0 Å². The lowest BCUT2D eigenvalue weighted by Gasteiger charge is -2.32. The molecule has 0 saturated heterocycles. The van der Waals surface area contributed by atoms with Crippen LogP contribution in [-0.2, 0) is 6.42 Å². The van der Waals surface area contributed by atoms with Gasteiger partial charge >= 0.3 is 0 Å². The summed E-state index contributed by atoms with van der Waals surface area (Å²) in [5.41, 5.74) is 0. The van der Waals surface area contributed by atoms with Gasteiger partial charge in [0.2, 0.25) is 0 Å². The molecular formula is C16H19NOS2. The highest BCUT2D eigenvalue weighted by Gasteiger charge is 2.27. The number of nitrogens with one attached hydrogen (secondary N) is 1. The van der Waals surface area contributed by atoms with Crippen LogP contribution in [-0.4, -0.2) is 24.4 Å². The Morgan fingerprint density at radius 1 is 1.30 bits per heavy atom. The Bertz CT molecular complexity index is 541. The maximum atomic E-state index is 6.22. The largest absolute Gasteiger partial charge is 0.487 e. The van der Waals surface area contributed by atoms with Crippen LogP contribution in [0.1, 0.15) is 11.8 Å². The molecule has 106 valence electrons. The fourth-order valence-corrected chi connectivity index (χ4v) is 4.32. The van der Waals surface area contributed by atoms with Gasteiger partial charge in [-0.2, -0.15) is 0 Å². The molecule has 2 atom stereocenters. The van der Waals surface area contributed by atoms with E-state index in [0.717, 1.165) is 24.5 Å². The summed E-state index contributed by atoms with van der Waals surface area (Å²) < 4.78 is 6.22. The van der Waals surface area contributed by atoms with Gasteiger partial charge in [0.05, 0.1) is 0 Å². The number of likely N-dealkylation sites (N-methyl/N-ethyl adjacent to an activating group) is 1. The second kappa shape index (κ2) is 6.66. The summed E-state index contributed by atoms with van der Waals surface area (Å²) in [6, 6.07) is 13.0. The lowest BCUT2D eigenvalue weighted by atomic mass is 10.1. The lowest BCUT2D eigenvalue weighted by Crippen LogP contribution is -2.46. The first kappa shape index (κ1) is 14.0. The Morgan fingerprint density at radius 3 is 3.00 bits per heavy atom. The summed E-state index contributed by atoms with van der Waals surface area (Å²) in [5.74, 6) is 2.04. The monoisotopic (exact) mass is 305 g/mol. The van der Waals surface area contributed by atoms with E-state index in [1.165, 1.54) is 9.77 Å². The van der Waals surface area contributed by atoms with Crippen LogP contribution in [0.5, 0.6) is 5.75 Å². The van der Waals surface area contributed by atoms with Crippen LogP contribution in [0.15, 0.2) is 46.7 Å². The highest BCUT2D eigenvalue weighted by Crippen LogP contribution is 2.36. The van der Waals surface area contributed by atoms with Crippen LogP contribution in [0.2, 0.25) is 0 Å². The molecule has 0 fully saturated rings. The van der Waals surface area contributed by atoms with Crippen LogP contribution in [0.4, 0.5) is 0 Å². The third-order valence-electron chi connectivity index (χ3n) is 3.45. The summed E-state index contributed by atoms with van der Waals surface area (Å²) in [7, 11) is 0. The molecule has 0 saturated carbocycles. The van der Waals surface area contributed by atoms with Crippen molar-refractivity contribution in [1.82, 2.24) is 5.32 Å². The van der Waals surface area contributed by atoms with Crippen LogP contribution in [0.3, 0.4) is 0 Å². The smallest absolute Gasteiger partial charge is 0.133 e. The Kier molecular flexibility index (Phi) is 4.65. The molecule has 0 spiro atoms. The van der Waals surface area contributed by atoms with E-state index in [1.54, 1.807) is 0 Å². The molecule has 20 heavy (non-hydrogen) atoms. The van der Waals surface area contributed by atoms with E-state index in [1.807, 2.05) is 29.2 Å². The van der Waals surface area contributed by atoms with Crippen molar-refractivity contribution in [2.45, 2.75) is 30.4 Å². The van der Waals surface area contributed by atoms with Crippen molar-refractivity contribution in [3.05, 3.63) is 46.7 Å². The topological polar surface area (TPSA) is 21.3 Å². The fourth-order valence-electron chi connectivity index (χ4n) is 2.48. The van der Waals surface area contributed by atoms with Crippen molar-refractivity contribution >= 4 is 23.1 Å². The van der Waals surface area contributed by atoms with Crippen molar-refractivity contribution in [3.8, 4) is 5.75 Å². The molecule has 0 bridgehead atoms. The van der Waals surface area contributed by atoms with E-state index < -0.39 is 0 Å². The number of para-hydroxylation sites is 1. The van der Waals surface area contributed by atoms with Gasteiger partial charge in [0.1, 0.15) is 11.9 Å². The quantitative estimate of drug-likeness (QED) is 0.907. The molecular weight excluding hydrogens is 286 g/mol. The minimum atomic E-state index is 0.233. The Balaban J connectivity index is 1.72. The normalized spacial score (nSPS) is 19.1. The van der Waals surface area contributed by atoms with E-state index in [2.05, 4.69) is 48.0 Å². The van der Waals surface area contributed by atoms with Gasteiger partial charge in [-0.25, -0.2) is 0 Å². The standard InChI is InChI=1S/C16H19NOS2/c1-2-17-13(10-12-6-5-9-19-12)15-11-20-16-8-4-3-7-14(16)18-15/h3-9,13,15,17H,2,10-11H2,1H3. The molecule has 0 radical (unpaired) electrons. The van der Waals surface area contributed by atoms with Crippen LogP contribution >= 0.6 is 23.1 Å². The summed E-state index contributed by atoms with van der Waals surface area (Å²) in [4.78, 5) is 2.68. The average Bonchev–Trinajstić information content (AvgIpc) is 2.99. The zero-order valence-electron chi connectivity index (χ0n) is 11.5. The Morgan fingerprint density at radius 2 is 2.20 bits per heavy atom. The highest BCUT2D eigenvalue weighted by molar-refractivity contribution is 7.99. The van der Waals surface area contributed by atoms with Gasteiger partial charge < -0.3 is 10.1 Å². The van der Waals surface area contributed by atoms with E-state index in [0.29, 0.717) is 6.04 Å². The number of fused-ring (bicyclic) bond motifs is 1. The number of thioether (sulfide) groups is 1. The molecule has 2 heterocycles. The number of benzene rings is 1. The minimum Gasteiger partial charge on any atom is -0.487 e. The third-order valence-corrected chi connectivity index (χ3v) is 5.49. The molecule has 1 N–H and O–H groups in total. The molecule has 1 aliphatic heterocycles. The Hall–Kier alpha value is -0.970. The van der Waals surface area contributed by atoms with Crippen molar-refractivity contribution in [2.75, 3.05) is 12.3 Å². The molecule has 0 aliphatic carbocycles. The first-order valence-electron chi connectivity index (χ1n) is 7.01. The van der Waals surface area contributed by atoms with Crippen molar-refractivity contribution in [3.63, 3.8) is 0 Å². The predicted molar refractivity (Wildman–Crippen MR) is 87.1 cm³/mol. The van der Waals surface area contributed by atoms with Gasteiger partial charge in [-0.3, -0.25) is 0 Å². The number of hydrogen-bond donors (Lipinski definition) is 1. The first-order chi connectivity index (χ1) is 9.86. The molecule has 1 aromatic carbocycles. The molecule has 4 heteroatoms. The second-order valence-electron chi connectivity index (χ2n) is 4.86. The van der Waals surface area contributed by atoms with E-state index >= 15 is 0 Å². The highest BCUT2D eigenvalue weighted by atomic mass is 32.2. The fraction of sp³-hybridized carbons (Fsp3) is 0.375. The summed E-state index contributed by atoms with van der Waals surface area (Å²) in [5, 5.41) is 5.73. The van der Waals surface area contributed by atoms with Gasteiger partial charge in [0.15, 0.2) is 0 Å². The van der Waals surface area contributed by atoms with Gasteiger partial charge in [-0.05, 0) is 30.1 Å². The summed E-state index contributed by atoms with van der Waals surface area (Å²) >= 11 is 3.73. The van der Waals surface area contributed by atoms with Gasteiger partial charge in [-0.1, -0.05) is 25.1 Å². The lowest BCUT2D eigenvalue weighted by molar-refractivity contribution is 0.166. The maximum absolute atomic E-state index is 6.22. The minimum absolute atomic E-state index is 0.233. The molecule has 1 aromatic heterocycles. The SMILES string of the molecule is CCNC(Cc1cccs1)C1CSc2ccccc2O1. The molecule has 3 rings (SSSR count). The zero-order valence-corrected chi connectivity index (χ0v) is 13.2. The van der Waals surface area contributed by atoms with Gasteiger partial charge in [-0.15, -0.1) is 23.1 Å². The van der Waals surface area contributed by atoms with Crippen molar-refractivity contribution in [1.29, 1.82) is 0 Å². The second-order valence-corrected chi connectivity index (χ2v) is 6.96. The molecule has 0 amide bonds. The van der Waals surface area contributed by atoms with Crippen molar-refractivity contribution in [2.24, 2.45) is 0 Å². The molecule has 2 nitrogen and oxygen atoms in total. The third kappa shape index (κ3) is 3.19. The van der Waals surface area contributed by atoms with Crippen LogP contribution in [0, 0.1) is 0 Å². The predicted octanol–water partition coefficient (Wildman–Crippen LogP) is 3.82. The average molecular weight is 305 g/mol. The number of hydrogen-bond acceptors (Lipinski definition) is 4. The van der Waals surface area contributed by atoms with E-state index in [4.69, 9.17) is 4.74 Å². The van der Waals surface area contributed by atoms with E-state index in [-0.39, 0.29) is 6.10 Å². The Labute approximate surface area is 128 Å². The first-order valence-corrected chi connectivity index (χ1v) is 8.87. The molecule has 2 unspecified atom stereocenters. The molecule has 2 aromatic rings. The zero-order chi connectivity index (χ0) is 13.8. The molecule has 1 aliphatic rings. The number of thiophene rings is 1. The van der Waals surface area contributed by atoms with E-state index in [9.17, 15) is 0 Å². The van der Waals surface area contributed by atoms with Crippen LogP contribution in [0.25, 0.3) is 0 Å².